The van der Waals surface area contributed by atoms with Crippen LogP contribution < -0.4 is 0 Å². The van der Waals surface area contributed by atoms with Crippen LogP contribution in [0.25, 0.3) is 5.69 Å². The van der Waals surface area contributed by atoms with Gasteiger partial charge in [0.25, 0.3) is 12.3 Å². The molecule has 5 nitrogen and oxygen atoms in total. The number of halogens is 2. The maximum atomic E-state index is 13.5. The van der Waals surface area contributed by atoms with Gasteiger partial charge in [0.1, 0.15) is 5.69 Å². The normalized spacial score (nSPS) is 18.2. The average molecular weight is 306 g/mol. The van der Waals surface area contributed by atoms with E-state index in [1.165, 1.54) is 18.6 Å². The summed E-state index contributed by atoms with van der Waals surface area (Å²) in [5, 5.41) is 3.99. The number of pyridine rings is 1. The van der Waals surface area contributed by atoms with Crippen molar-refractivity contribution in [3.63, 3.8) is 0 Å². The highest BCUT2D eigenvalue weighted by Gasteiger charge is 2.32. The highest BCUT2D eigenvalue weighted by molar-refractivity contribution is 5.95. The number of rotatable bonds is 3. The number of likely N-dealkylation sites (tertiary alicyclic amines) is 1. The standard InChI is InChI=1S/C15H16F2N4O/c1-10-3-2-8-20(10)15(22)12-9-19-21(13(12)14(16)17)11-4-6-18-7-5-11/h4-7,9-10,14H,2-3,8H2,1H3. The Morgan fingerprint density at radius 2 is 2.09 bits per heavy atom. The SMILES string of the molecule is CC1CCCN1C(=O)c1cnn(-c2ccncc2)c1C(F)F. The van der Waals surface area contributed by atoms with Gasteiger partial charge in [-0.15, -0.1) is 0 Å². The summed E-state index contributed by atoms with van der Waals surface area (Å²) >= 11 is 0. The summed E-state index contributed by atoms with van der Waals surface area (Å²) in [7, 11) is 0. The zero-order valence-electron chi connectivity index (χ0n) is 12.1. The zero-order valence-corrected chi connectivity index (χ0v) is 12.1. The Morgan fingerprint density at radius 1 is 1.36 bits per heavy atom. The fourth-order valence-corrected chi connectivity index (χ4v) is 2.81. The summed E-state index contributed by atoms with van der Waals surface area (Å²) in [6, 6.07) is 3.22. The Balaban J connectivity index is 2.02. The van der Waals surface area contributed by atoms with Crippen molar-refractivity contribution < 1.29 is 13.6 Å². The molecule has 0 spiro atoms. The first-order chi connectivity index (χ1) is 10.6. The Bertz CT molecular complexity index is 671. The first-order valence-corrected chi connectivity index (χ1v) is 7.17. The molecule has 1 atom stereocenters. The molecule has 1 amide bonds. The molecule has 0 saturated carbocycles. The van der Waals surface area contributed by atoms with Gasteiger partial charge in [-0.25, -0.2) is 13.5 Å². The van der Waals surface area contributed by atoms with Crippen molar-refractivity contribution in [2.75, 3.05) is 6.54 Å². The molecule has 7 heteroatoms. The molecule has 0 aromatic carbocycles. The van der Waals surface area contributed by atoms with Crippen molar-refractivity contribution in [1.82, 2.24) is 19.7 Å². The Kier molecular flexibility index (Phi) is 3.87. The molecule has 1 aliphatic heterocycles. The third-order valence-electron chi connectivity index (χ3n) is 3.96. The minimum Gasteiger partial charge on any atom is -0.336 e. The monoisotopic (exact) mass is 306 g/mol. The second-order valence-corrected chi connectivity index (χ2v) is 5.35. The molecule has 3 heterocycles. The molecule has 116 valence electrons. The van der Waals surface area contributed by atoms with Crippen molar-refractivity contribution in [3.8, 4) is 5.69 Å². The number of carbonyl (C=O) groups is 1. The van der Waals surface area contributed by atoms with E-state index >= 15 is 0 Å². The first kappa shape index (κ1) is 14.6. The fraction of sp³-hybridized carbons (Fsp3) is 0.400. The number of alkyl halides is 2. The third-order valence-corrected chi connectivity index (χ3v) is 3.96. The maximum absolute atomic E-state index is 13.5. The molecule has 2 aromatic rings. The van der Waals surface area contributed by atoms with E-state index in [4.69, 9.17) is 0 Å². The molecule has 22 heavy (non-hydrogen) atoms. The van der Waals surface area contributed by atoms with E-state index < -0.39 is 6.43 Å². The second kappa shape index (κ2) is 5.82. The molecule has 0 radical (unpaired) electrons. The van der Waals surface area contributed by atoms with Crippen LogP contribution in [-0.2, 0) is 0 Å². The molecule has 2 aromatic heterocycles. The van der Waals surface area contributed by atoms with Gasteiger partial charge in [0.05, 0.1) is 17.4 Å². The molecular formula is C15H16F2N4O. The zero-order chi connectivity index (χ0) is 15.7. The van der Waals surface area contributed by atoms with Crippen LogP contribution in [0.15, 0.2) is 30.7 Å². The van der Waals surface area contributed by atoms with Crippen LogP contribution in [0.2, 0.25) is 0 Å². The van der Waals surface area contributed by atoms with Gasteiger partial charge in [0.2, 0.25) is 0 Å². The highest BCUT2D eigenvalue weighted by Crippen LogP contribution is 2.28. The van der Waals surface area contributed by atoms with E-state index in [1.807, 2.05) is 6.92 Å². The Morgan fingerprint density at radius 3 is 2.68 bits per heavy atom. The number of nitrogens with zero attached hydrogens (tertiary/aromatic N) is 4. The van der Waals surface area contributed by atoms with Crippen LogP contribution in [0.4, 0.5) is 8.78 Å². The lowest BCUT2D eigenvalue weighted by molar-refractivity contribution is 0.0734. The maximum Gasteiger partial charge on any atom is 0.281 e. The number of aromatic nitrogens is 3. The number of hydrogen-bond acceptors (Lipinski definition) is 3. The van der Waals surface area contributed by atoms with Gasteiger partial charge in [-0.1, -0.05) is 0 Å². The molecule has 1 unspecified atom stereocenters. The van der Waals surface area contributed by atoms with Gasteiger partial charge < -0.3 is 4.90 Å². The molecule has 1 fully saturated rings. The molecular weight excluding hydrogens is 290 g/mol. The van der Waals surface area contributed by atoms with Crippen molar-refractivity contribution in [1.29, 1.82) is 0 Å². The van der Waals surface area contributed by atoms with Gasteiger partial charge in [-0.2, -0.15) is 5.10 Å². The lowest BCUT2D eigenvalue weighted by Gasteiger charge is -2.21. The predicted molar refractivity (Wildman–Crippen MR) is 76.0 cm³/mol. The Labute approximate surface area is 126 Å². The smallest absolute Gasteiger partial charge is 0.281 e. The molecule has 1 aliphatic rings. The fourth-order valence-electron chi connectivity index (χ4n) is 2.81. The molecule has 0 bridgehead atoms. The topological polar surface area (TPSA) is 51.0 Å². The van der Waals surface area contributed by atoms with Crippen molar-refractivity contribution in [3.05, 3.63) is 42.0 Å². The van der Waals surface area contributed by atoms with Gasteiger partial charge in [0, 0.05) is 25.0 Å². The van der Waals surface area contributed by atoms with E-state index in [-0.39, 0.29) is 23.2 Å². The van der Waals surface area contributed by atoms with Gasteiger partial charge in [-0.3, -0.25) is 9.78 Å². The van der Waals surface area contributed by atoms with Crippen molar-refractivity contribution >= 4 is 5.91 Å². The van der Waals surface area contributed by atoms with Crippen LogP contribution in [0.1, 0.15) is 42.2 Å². The van der Waals surface area contributed by atoms with Crippen LogP contribution in [0.3, 0.4) is 0 Å². The lowest BCUT2D eigenvalue weighted by Crippen LogP contribution is -2.34. The van der Waals surface area contributed by atoms with Crippen molar-refractivity contribution in [2.45, 2.75) is 32.2 Å². The average Bonchev–Trinajstić information content (AvgIpc) is 3.13. The quantitative estimate of drug-likeness (QED) is 0.876. The number of amides is 1. The van der Waals surface area contributed by atoms with Gasteiger partial charge in [0.15, 0.2) is 0 Å². The summed E-state index contributed by atoms with van der Waals surface area (Å²) in [6.45, 7) is 2.53. The van der Waals surface area contributed by atoms with Crippen LogP contribution in [-0.4, -0.2) is 38.2 Å². The first-order valence-electron chi connectivity index (χ1n) is 7.17. The van der Waals surface area contributed by atoms with Crippen LogP contribution in [0, 0.1) is 0 Å². The summed E-state index contributed by atoms with van der Waals surface area (Å²) in [4.78, 5) is 18.0. The molecule has 0 aliphatic carbocycles. The summed E-state index contributed by atoms with van der Waals surface area (Å²) in [5.74, 6) is -0.374. The summed E-state index contributed by atoms with van der Waals surface area (Å²) in [5.41, 5.74) is 0.0645. The van der Waals surface area contributed by atoms with Crippen LogP contribution >= 0.6 is 0 Å². The molecule has 3 rings (SSSR count). The predicted octanol–water partition coefficient (Wildman–Crippen LogP) is 2.83. The minimum atomic E-state index is -2.78. The van der Waals surface area contributed by atoms with Crippen LogP contribution in [0.5, 0.6) is 0 Å². The molecule has 0 N–H and O–H groups in total. The largest absolute Gasteiger partial charge is 0.336 e. The number of hydrogen-bond donors (Lipinski definition) is 0. The third kappa shape index (κ3) is 2.47. The van der Waals surface area contributed by atoms with E-state index in [0.29, 0.717) is 12.2 Å². The van der Waals surface area contributed by atoms with Gasteiger partial charge >= 0.3 is 0 Å². The van der Waals surface area contributed by atoms with Crippen molar-refractivity contribution in [2.24, 2.45) is 0 Å². The second-order valence-electron chi connectivity index (χ2n) is 5.35. The summed E-state index contributed by atoms with van der Waals surface area (Å²) in [6.07, 6.45) is 3.23. The van der Waals surface area contributed by atoms with E-state index in [1.54, 1.807) is 17.0 Å². The van der Waals surface area contributed by atoms with Gasteiger partial charge in [-0.05, 0) is 31.9 Å². The number of carbonyl (C=O) groups excluding carboxylic acids is 1. The summed E-state index contributed by atoms with van der Waals surface area (Å²) < 4.78 is 28.1. The Hall–Kier alpha value is -2.31. The van der Waals surface area contributed by atoms with E-state index in [9.17, 15) is 13.6 Å². The lowest BCUT2D eigenvalue weighted by atomic mass is 10.2. The van der Waals surface area contributed by atoms with E-state index in [2.05, 4.69) is 10.1 Å². The minimum absolute atomic E-state index is 0.0273. The molecule has 1 saturated heterocycles. The highest BCUT2D eigenvalue weighted by atomic mass is 19.3. The van der Waals surface area contributed by atoms with E-state index in [0.717, 1.165) is 17.5 Å².